The molecule has 0 aliphatic carbocycles. The number of fused-ring (bicyclic) bond motifs is 2. The third kappa shape index (κ3) is 2.45. The molecule has 0 unspecified atom stereocenters. The fourth-order valence-corrected chi connectivity index (χ4v) is 2.61. The number of nitrogens with one attached hydrogen (secondary N) is 2. The predicted molar refractivity (Wildman–Crippen MR) is 86.2 cm³/mol. The molecule has 1 aromatic carbocycles. The van der Waals surface area contributed by atoms with Crippen LogP contribution in [0.1, 0.15) is 19.0 Å². The molecular weight excluding hydrogens is 288 g/mol. The number of pyridine rings is 1. The normalized spacial score (nSPS) is 11.2. The number of benzene rings is 1. The zero-order chi connectivity index (χ0) is 15.0. The van der Waals surface area contributed by atoms with Crippen molar-refractivity contribution < 1.29 is 0 Å². The van der Waals surface area contributed by atoms with Crippen LogP contribution >= 0.6 is 11.6 Å². The van der Waals surface area contributed by atoms with Crippen LogP contribution in [0.2, 0.25) is 5.02 Å². The van der Waals surface area contributed by atoms with Crippen molar-refractivity contribution in [1.29, 1.82) is 0 Å². The maximum absolute atomic E-state index is 11.6. The minimum absolute atomic E-state index is 0.387. The minimum Gasteiger partial charge on any atom is -0.384 e. The Balaban J connectivity index is 2.46. The molecule has 0 fully saturated rings. The van der Waals surface area contributed by atoms with Gasteiger partial charge in [-0.05, 0) is 31.5 Å². The summed E-state index contributed by atoms with van der Waals surface area (Å²) in [6.07, 6.45) is 0.988. The van der Waals surface area contributed by atoms with Crippen molar-refractivity contribution in [3.05, 3.63) is 39.4 Å². The Morgan fingerprint density at radius 2 is 2.14 bits per heavy atom. The number of H-pyrrole nitrogens is 1. The van der Waals surface area contributed by atoms with E-state index in [1.54, 1.807) is 6.07 Å². The van der Waals surface area contributed by atoms with Gasteiger partial charge in [-0.3, -0.25) is 0 Å². The zero-order valence-corrected chi connectivity index (χ0v) is 12.6. The molecule has 3 aromatic rings. The highest BCUT2D eigenvalue weighted by Crippen LogP contribution is 2.32. The molecule has 0 spiro atoms. The molecule has 5 nitrogen and oxygen atoms in total. The zero-order valence-electron chi connectivity index (χ0n) is 11.8. The van der Waals surface area contributed by atoms with Crippen LogP contribution in [0.3, 0.4) is 0 Å². The van der Waals surface area contributed by atoms with Gasteiger partial charge in [0.2, 0.25) is 0 Å². The molecule has 21 heavy (non-hydrogen) atoms. The lowest BCUT2D eigenvalue weighted by Crippen LogP contribution is -2.14. The van der Waals surface area contributed by atoms with Crippen molar-refractivity contribution >= 4 is 39.2 Å². The van der Waals surface area contributed by atoms with Gasteiger partial charge in [-0.1, -0.05) is 18.5 Å². The number of hydrogen-bond donors (Lipinski definition) is 2. The molecule has 2 heterocycles. The number of hydrogen-bond acceptors (Lipinski definition) is 4. The van der Waals surface area contributed by atoms with Crippen molar-refractivity contribution in [2.24, 2.45) is 0 Å². The second-order valence-corrected chi connectivity index (χ2v) is 5.38. The lowest BCUT2D eigenvalue weighted by atomic mass is 10.1. The van der Waals surface area contributed by atoms with Gasteiger partial charge in [0.25, 0.3) is 0 Å². The van der Waals surface area contributed by atoms with E-state index in [4.69, 9.17) is 11.6 Å². The summed E-state index contributed by atoms with van der Waals surface area (Å²) in [6.45, 7) is 4.76. The van der Waals surface area contributed by atoms with E-state index in [9.17, 15) is 4.79 Å². The number of halogens is 1. The number of rotatable bonds is 3. The van der Waals surface area contributed by atoms with Gasteiger partial charge >= 0.3 is 5.69 Å². The van der Waals surface area contributed by atoms with Gasteiger partial charge in [-0.15, -0.1) is 0 Å². The van der Waals surface area contributed by atoms with Gasteiger partial charge in [0.1, 0.15) is 0 Å². The number of aromatic amines is 1. The van der Waals surface area contributed by atoms with Crippen molar-refractivity contribution in [1.82, 2.24) is 15.0 Å². The summed E-state index contributed by atoms with van der Waals surface area (Å²) in [7, 11) is 0. The first-order valence-corrected chi connectivity index (χ1v) is 7.21. The highest BCUT2D eigenvalue weighted by molar-refractivity contribution is 6.31. The standard InChI is InChI=1S/C15H15ClN4O/c1-3-6-17-13-10-7-9(16)4-5-11(10)19-14-12(13)8(2)18-15(21)20-14/h4-5,7H,3,6H2,1-2H3,(H2,17,18,19,20,21). The summed E-state index contributed by atoms with van der Waals surface area (Å²) in [4.78, 5) is 22.8. The Morgan fingerprint density at radius 1 is 1.33 bits per heavy atom. The van der Waals surface area contributed by atoms with Crippen molar-refractivity contribution in [2.75, 3.05) is 11.9 Å². The van der Waals surface area contributed by atoms with Gasteiger partial charge in [0, 0.05) is 22.6 Å². The quantitative estimate of drug-likeness (QED) is 0.729. The van der Waals surface area contributed by atoms with Gasteiger partial charge in [-0.25, -0.2) is 9.78 Å². The Hall–Kier alpha value is -2.14. The molecule has 0 saturated heterocycles. The molecular formula is C15H15ClN4O. The largest absolute Gasteiger partial charge is 0.384 e. The van der Waals surface area contributed by atoms with E-state index in [2.05, 4.69) is 27.2 Å². The van der Waals surface area contributed by atoms with Crippen LogP contribution < -0.4 is 11.0 Å². The van der Waals surface area contributed by atoms with Crippen molar-refractivity contribution in [2.45, 2.75) is 20.3 Å². The Morgan fingerprint density at radius 3 is 2.90 bits per heavy atom. The highest BCUT2D eigenvalue weighted by atomic mass is 35.5. The van der Waals surface area contributed by atoms with Gasteiger partial charge in [-0.2, -0.15) is 4.98 Å². The van der Waals surface area contributed by atoms with Crippen LogP contribution in [0, 0.1) is 6.92 Å². The predicted octanol–water partition coefficient (Wildman–Crippen LogP) is 3.26. The maximum Gasteiger partial charge on any atom is 0.347 e. The lowest BCUT2D eigenvalue weighted by Gasteiger charge is -2.13. The number of aromatic nitrogens is 3. The smallest absolute Gasteiger partial charge is 0.347 e. The van der Waals surface area contributed by atoms with Crippen LogP contribution in [-0.2, 0) is 0 Å². The molecule has 0 amide bonds. The van der Waals surface area contributed by atoms with Crippen LogP contribution in [0.4, 0.5) is 5.69 Å². The molecule has 2 N–H and O–H groups in total. The van der Waals surface area contributed by atoms with Crippen molar-refractivity contribution in [3.8, 4) is 0 Å². The molecule has 0 aliphatic heterocycles. The van der Waals surface area contributed by atoms with E-state index in [1.165, 1.54) is 0 Å². The van der Waals surface area contributed by atoms with E-state index < -0.39 is 0 Å². The third-order valence-corrected chi connectivity index (χ3v) is 3.59. The number of anilines is 1. The molecule has 0 radical (unpaired) electrons. The summed E-state index contributed by atoms with van der Waals surface area (Å²) in [5.41, 5.74) is 2.49. The molecule has 3 rings (SSSR count). The molecule has 2 aromatic heterocycles. The molecule has 0 aliphatic rings. The third-order valence-electron chi connectivity index (χ3n) is 3.36. The van der Waals surface area contributed by atoms with Crippen LogP contribution in [0.15, 0.2) is 23.0 Å². The van der Waals surface area contributed by atoms with Gasteiger partial charge in [0.15, 0.2) is 5.65 Å². The first-order chi connectivity index (χ1) is 10.1. The summed E-state index contributed by atoms with van der Waals surface area (Å²) < 4.78 is 0. The van der Waals surface area contributed by atoms with Crippen LogP contribution in [-0.4, -0.2) is 21.5 Å². The molecule has 6 heteroatoms. The lowest BCUT2D eigenvalue weighted by molar-refractivity contribution is 0.980. The Kier molecular flexibility index (Phi) is 3.51. The Labute approximate surface area is 126 Å². The van der Waals surface area contributed by atoms with E-state index in [1.807, 2.05) is 19.1 Å². The topological polar surface area (TPSA) is 70.7 Å². The summed E-state index contributed by atoms with van der Waals surface area (Å²) in [5, 5.41) is 5.82. The number of nitrogens with zero attached hydrogens (tertiary/aromatic N) is 2. The second-order valence-electron chi connectivity index (χ2n) is 4.94. The second kappa shape index (κ2) is 5.33. The van der Waals surface area contributed by atoms with E-state index in [-0.39, 0.29) is 5.69 Å². The average molecular weight is 303 g/mol. The van der Waals surface area contributed by atoms with Gasteiger partial charge < -0.3 is 10.3 Å². The summed E-state index contributed by atoms with van der Waals surface area (Å²) in [5.74, 6) is 0. The van der Waals surface area contributed by atoms with Crippen LogP contribution in [0.25, 0.3) is 21.9 Å². The summed E-state index contributed by atoms with van der Waals surface area (Å²) >= 11 is 6.11. The molecule has 0 saturated carbocycles. The number of aryl methyl sites for hydroxylation is 1. The van der Waals surface area contributed by atoms with Crippen LogP contribution in [0.5, 0.6) is 0 Å². The highest BCUT2D eigenvalue weighted by Gasteiger charge is 2.13. The molecule has 0 bridgehead atoms. The first kappa shape index (κ1) is 13.8. The summed E-state index contributed by atoms with van der Waals surface area (Å²) in [6, 6.07) is 5.50. The monoisotopic (exact) mass is 302 g/mol. The minimum atomic E-state index is -0.387. The SMILES string of the molecule is CCCNc1c2cc(Cl)ccc2nc2nc(=O)[nH]c(C)c12. The van der Waals surface area contributed by atoms with Gasteiger partial charge in [0.05, 0.1) is 16.6 Å². The average Bonchev–Trinajstić information content (AvgIpc) is 2.43. The van der Waals surface area contributed by atoms with E-state index in [0.29, 0.717) is 10.7 Å². The van der Waals surface area contributed by atoms with Crippen molar-refractivity contribution in [3.63, 3.8) is 0 Å². The van der Waals surface area contributed by atoms with E-state index in [0.717, 1.165) is 40.6 Å². The Bertz CT molecular complexity index is 888. The van der Waals surface area contributed by atoms with E-state index >= 15 is 0 Å². The fourth-order valence-electron chi connectivity index (χ4n) is 2.44. The molecule has 108 valence electrons. The maximum atomic E-state index is 11.6. The molecule has 0 atom stereocenters. The first-order valence-electron chi connectivity index (χ1n) is 6.84. The fraction of sp³-hybridized carbons (Fsp3) is 0.267.